The molecule has 0 unspecified atom stereocenters. The molecule has 3 aromatic rings. The lowest BCUT2D eigenvalue weighted by Crippen LogP contribution is -2.19. The van der Waals surface area contributed by atoms with E-state index in [1.165, 1.54) is 18.2 Å². The Hall–Kier alpha value is -3.89. The van der Waals surface area contributed by atoms with E-state index in [0.29, 0.717) is 33.9 Å². The van der Waals surface area contributed by atoms with Gasteiger partial charge in [0.1, 0.15) is 0 Å². The first kappa shape index (κ1) is 22.3. The number of carbonyl (C=O) groups is 2. The number of aromatic nitrogens is 1. The Kier molecular flexibility index (Phi) is 5.56. The predicted octanol–water partition coefficient (Wildman–Crippen LogP) is 3.35. The second-order valence-electron chi connectivity index (χ2n) is 7.80. The second-order valence-corrected chi connectivity index (χ2v) is 9.48. The van der Waals surface area contributed by atoms with Crippen LogP contribution in [0.15, 0.2) is 47.4 Å². The highest BCUT2D eigenvalue weighted by atomic mass is 32.2. The van der Waals surface area contributed by atoms with Crippen LogP contribution in [0.4, 0.5) is 11.4 Å². The largest absolute Gasteiger partial charge is 0.358 e. The van der Waals surface area contributed by atoms with Crippen LogP contribution in [0.2, 0.25) is 0 Å². The van der Waals surface area contributed by atoms with E-state index in [1.54, 1.807) is 43.6 Å². The number of rotatable bonds is 5. The fraction of sp³-hybridized carbons (Fsp3) is 0.130. The number of H-pyrrole nitrogens is 1. The number of aromatic amines is 1. The molecule has 0 fully saturated rings. The number of fused-ring (bicyclic) bond motifs is 1. The van der Waals surface area contributed by atoms with Crippen molar-refractivity contribution < 1.29 is 23.2 Å². The molecule has 1 aromatic heterocycles. The predicted molar refractivity (Wildman–Crippen MR) is 124 cm³/mol. The minimum Gasteiger partial charge on any atom is -0.358 e. The van der Waals surface area contributed by atoms with Gasteiger partial charge in [-0.1, -0.05) is 12.1 Å². The van der Waals surface area contributed by atoms with Crippen LogP contribution in [-0.2, 0) is 14.8 Å². The van der Waals surface area contributed by atoms with Crippen molar-refractivity contribution in [2.45, 2.75) is 25.7 Å². The zero-order valence-corrected chi connectivity index (χ0v) is 18.9. The molecule has 2 aromatic carbocycles. The molecule has 0 saturated carbocycles. The van der Waals surface area contributed by atoms with Gasteiger partial charge < -0.3 is 10.3 Å². The number of hydroxylamine groups is 1. The summed E-state index contributed by atoms with van der Waals surface area (Å²) in [4.78, 5) is 27.6. The Bertz CT molecular complexity index is 1440. The van der Waals surface area contributed by atoms with E-state index in [0.717, 1.165) is 5.56 Å². The molecule has 0 radical (unpaired) electrons. The molecule has 0 spiro atoms. The van der Waals surface area contributed by atoms with Gasteiger partial charge in [-0.15, -0.1) is 0 Å². The van der Waals surface area contributed by atoms with Gasteiger partial charge in [-0.2, -0.15) is 0 Å². The molecule has 5 N–H and O–H groups in total. The number of nitrogens with one attached hydrogen (secondary N) is 4. The van der Waals surface area contributed by atoms with Crippen LogP contribution >= 0.6 is 0 Å². The van der Waals surface area contributed by atoms with Gasteiger partial charge in [-0.25, -0.2) is 13.9 Å². The van der Waals surface area contributed by atoms with Gasteiger partial charge in [0.2, 0.25) is 0 Å². The Morgan fingerprint density at radius 3 is 2.55 bits per heavy atom. The molecule has 4 rings (SSSR count). The Morgan fingerprint density at radius 2 is 1.85 bits per heavy atom. The molecule has 2 heterocycles. The van der Waals surface area contributed by atoms with Crippen LogP contribution in [0, 0.1) is 20.8 Å². The third-order valence-electron chi connectivity index (χ3n) is 5.45. The van der Waals surface area contributed by atoms with Crippen LogP contribution < -0.4 is 15.5 Å². The van der Waals surface area contributed by atoms with Crippen molar-refractivity contribution >= 4 is 44.9 Å². The number of benzene rings is 2. The lowest BCUT2D eigenvalue weighted by atomic mass is 10.0. The van der Waals surface area contributed by atoms with Gasteiger partial charge in [-0.3, -0.25) is 19.5 Å². The topological polar surface area (TPSA) is 140 Å². The number of hydrogen-bond acceptors (Lipinski definition) is 5. The Morgan fingerprint density at radius 1 is 1.09 bits per heavy atom. The van der Waals surface area contributed by atoms with Crippen LogP contribution in [-0.4, -0.2) is 30.4 Å². The lowest BCUT2D eigenvalue weighted by molar-refractivity contribution is -0.110. The minimum atomic E-state index is -3.90. The second kappa shape index (κ2) is 8.23. The summed E-state index contributed by atoms with van der Waals surface area (Å²) in [5.74, 6) is -1.07. The summed E-state index contributed by atoms with van der Waals surface area (Å²) >= 11 is 0. The van der Waals surface area contributed by atoms with Gasteiger partial charge in [0.25, 0.3) is 21.8 Å². The van der Waals surface area contributed by atoms with E-state index >= 15 is 0 Å². The van der Waals surface area contributed by atoms with Crippen LogP contribution in [0.1, 0.15) is 38.4 Å². The fourth-order valence-corrected chi connectivity index (χ4v) is 4.93. The first-order chi connectivity index (χ1) is 15.6. The SMILES string of the molecule is Cc1cccc(NS(=O)(=O)c2ccc3c(c2)/C(=C\c2[nH]c(C)c(C(=O)NO)c2C)C(=O)N3)c1. The van der Waals surface area contributed by atoms with Gasteiger partial charge >= 0.3 is 0 Å². The van der Waals surface area contributed by atoms with Crippen molar-refractivity contribution in [1.29, 1.82) is 0 Å². The average Bonchev–Trinajstić information content (AvgIpc) is 3.22. The first-order valence-electron chi connectivity index (χ1n) is 10.0. The molecule has 170 valence electrons. The van der Waals surface area contributed by atoms with Crippen molar-refractivity contribution in [2.75, 3.05) is 10.0 Å². The number of carbonyl (C=O) groups excluding carboxylic acids is 2. The summed E-state index contributed by atoms with van der Waals surface area (Å²) in [5.41, 5.74) is 5.93. The van der Waals surface area contributed by atoms with Crippen LogP contribution in [0.25, 0.3) is 11.6 Å². The zero-order valence-electron chi connectivity index (χ0n) is 18.1. The highest BCUT2D eigenvalue weighted by Gasteiger charge is 2.28. The molecular formula is C23H22N4O5S. The van der Waals surface area contributed by atoms with Crippen molar-refractivity contribution in [2.24, 2.45) is 0 Å². The lowest BCUT2D eigenvalue weighted by Gasteiger charge is -2.10. The van der Waals surface area contributed by atoms with Crippen LogP contribution in [0.3, 0.4) is 0 Å². The number of hydrogen-bond donors (Lipinski definition) is 5. The molecule has 0 aliphatic carbocycles. The molecule has 2 amide bonds. The standard InChI is InChI=1S/C23H22N4O5S/c1-12-5-4-6-15(9-12)27-33(31,32)16-7-8-19-17(10-16)18(22(28)25-19)11-20-13(2)21(14(3)24-20)23(29)26-30/h4-11,24,27,30H,1-3H3,(H,25,28)(H,26,29)/b18-11+. The van der Waals surface area contributed by atoms with Gasteiger partial charge in [0.15, 0.2) is 0 Å². The minimum absolute atomic E-state index is 0.00453. The third-order valence-corrected chi connectivity index (χ3v) is 6.83. The molecule has 1 aliphatic rings. The van der Waals surface area contributed by atoms with E-state index in [-0.39, 0.29) is 16.0 Å². The maximum Gasteiger partial charge on any atom is 0.276 e. The van der Waals surface area contributed by atoms with Crippen molar-refractivity contribution in [3.05, 3.63) is 76.1 Å². The molecule has 0 bridgehead atoms. The fourth-order valence-electron chi connectivity index (χ4n) is 3.86. The normalized spacial score (nSPS) is 14.2. The molecular weight excluding hydrogens is 444 g/mol. The third kappa shape index (κ3) is 4.13. The number of amides is 2. The molecule has 0 saturated heterocycles. The quantitative estimate of drug-likeness (QED) is 0.223. The molecule has 1 aliphatic heterocycles. The van der Waals surface area contributed by atoms with E-state index < -0.39 is 21.8 Å². The number of aryl methyl sites for hydroxylation is 2. The van der Waals surface area contributed by atoms with Gasteiger partial charge in [0.05, 0.1) is 16.0 Å². The molecule has 9 nitrogen and oxygen atoms in total. The summed E-state index contributed by atoms with van der Waals surface area (Å²) in [6.07, 6.45) is 1.56. The average molecular weight is 467 g/mol. The number of anilines is 2. The Labute approximate surface area is 190 Å². The zero-order chi connectivity index (χ0) is 23.9. The highest BCUT2D eigenvalue weighted by molar-refractivity contribution is 7.92. The summed E-state index contributed by atoms with van der Waals surface area (Å²) in [5, 5.41) is 11.7. The van der Waals surface area contributed by atoms with Gasteiger partial charge in [-0.05, 0) is 68.3 Å². The summed E-state index contributed by atoms with van der Waals surface area (Å²) in [6.45, 7) is 5.21. The van der Waals surface area contributed by atoms with Gasteiger partial charge in [0, 0.05) is 28.3 Å². The smallest absolute Gasteiger partial charge is 0.276 e. The maximum absolute atomic E-state index is 13.0. The monoisotopic (exact) mass is 466 g/mol. The molecule has 10 heteroatoms. The summed E-state index contributed by atoms with van der Waals surface area (Å²) < 4.78 is 28.5. The van der Waals surface area contributed by atoms with E-state index in [9.17, 15) is 18.0 Å². The van der Waals surface area contributed by atoms with E-state index in [2.05, 4.69) is 15.0 Å². The van der Waals surface area contributed by atoms with Crippen LogP contribution in [0.5, 0.6) is 0 Å². The van der Waals surface area contributed by atoms with E-state index in [4.69, 9.17) is 5.21 Å². The summed E-state index contributed by atoms with van der Waals surface area (Å²) in [7, 11) is -3.90. The first-order valence-corrected chi connectivity index (χ1v) is 11.5. The highest BCUT2D eigenvalue weighted by Crippen LogP contribution is 2.36. The molecule has 0 atom stereocenters. The van der Waals surface area contributed by atoms with Crippen molar-refractivity contribution in [1.82, 2.24) is 10.5 Å². The summed E-state index contributed by atoms with van der Waals surface area (Å²) in [6, 6.07) is 11.4. The Balaban J connectivity index is 1.75. The van der Waals surface area contributed by atoms with Crippen molar-refractivity contribution in [3.8, 4) is 0 Å². The van der Waals surface area contributed by atoms with E-state index in [1.807, 2.05) is 13.0 Å². The molecule has 33 heavy (non-hydrogen) atoms. The maximum atomic E-state index is 13.0. The van der Waals surface area contributed by atoms with Crippen molar-refractivity contribution in [3.63, 3.8) is 0 Å². The number of sulfonamides is 1.